The summed E-state index contributed by atoms with van der Waals surface area (Å²) in [5, 5.41) is 19.1. The third kappa shape index (κ3) is 3.58. The SMILES string of the molecule is O=C(c1ccc2[nH]ncc2c1)N1C[C@H]2C[C@@H](Oc3cccc(Cl)c3)[C@H](O)C[C@H]2C1. The van der Waals surface area contributed by atoms with Crippen molar-refractivity contribution in [1.82, 2.24) is 15.1 Å². The first-order chi connectivity index (χ1) is 14.1. The predicted octanol–water partition coefficient (Wildman–Crippen LogP) is 3.51. The van der Waals surface area contributed by atoms with Gasteiger partial charge in [0, 0.05) is 29.1 Å². The van der Waals surface area contributed by atoms with Crippen LogP contribution in [-0.2, 0) is 0 Å². The molecule has 2 heterocycles. The number of amides is 1. The van der Waals surface area contributed by atoms with E-state index in [4.69, 9.17) is 16.3 Å². The van der Waals surface area contributed by atoms with Crippen molar-refractivity contribution in [3.63, 3.8) is 0 Å². The number of likely N-dealkylation sites (tertiary alicyclic amines) is 1. The monoisotopic (exact) mass is 411 g/mol. The molecule has 0 bridgehead atoms. The van der Waals surface area contributed by atoms with Crippen LogP contribution in [0, 0.1) is 11.8 Å². The summed E-state index contributed by atoms with van der Waals surface area (Å²) in [6.07, 6.45) is 2.26. The molecule has 1 amide bonds. The molecule has 1 saturated heterocycles. The maximum absolute atomic E-state index is 13.0. The number of aromatic nitrogens is 2. The van der Waals surface area contributed by atoms with E-state index in [0.29, 0.717) is 47.7 Å². The van der Waals surface area contributed by atoms with Crippen LogP contribution in [0.3, 0.4) is 0 Å². The van der Waals surface area contributed by atoms with Gasteiger partial charge in [-0.25, -0.2) is 0 Å². The van der Waals surface area contributed by atoms with Crippen molar-refractivity contribution in [3.05, 3.63) is 59.2 Å². The molecule has 150 valence electrons. The molecular formula is C22H22ClN3O3. The Morgan fingerprint density at radius 2 is 2.00 bits per heavy atom. The number of carbonyl (C=O) groups excluding carboxylic acids is 1. The highest BCUT2D eigenvalue weighted by Crippen LogP contribution is 2.38. The molecule has 2 aliphatic rings. The summed E-state index contributed by atoms with van der Waals surface area (Å²) in [6, 6.07) is 12.8. The standard InChI is InChI=1S/C22H22ClN3O3/c23-17-2-1-3-18(9-17)29-21-8-16-12-26(11-15(16)7-20(21)27)22(28)13-4-5-19-14(6-13)10-24-25-19/h1-6,9-10,15-16,20-21,27H,7-8,11-12H2,(H,24,25)/t15-,16+,20+,21+/m0/s1. The molecule has 1 saturated carbocycles. The quantitative estimate of drug-likeness (QED) is 0.691. The van der Waals surface area contributed by atoms with E-state index in [-0.39, 0.29) is 12.0 Å². The third-order valence-electron chi connectivity index (χ3n) is 6.14. The third-order valence-corrected chi connectivity index (χ3v) is 6.38. The Hall–Kier alpha value is -2.57. The van der Waals surface area contributed by atoms with Gasteiger partial charge in [0.15, 0.2) is 0 Å². The summed E-state index contributed by atoms with van der Waals surface area (Å²) in [7, 11) is 0. The molecule has 2 fully saturated rings. The van der Waals surface area contributed by atoms with Crippen molar-refractivity contribution in [2.24, 2.45) is 11.8 Å². The van der Waals surface area contributed by atoms with Gasteiger partial charge >= 0.3 is 0 Å². The van der Waals surface area contributed by atoms with Crippen LogP contribution in [0.2, 0.25) is 5.02 Å². The second-order valence-corrected chi connectivity index (χ2v) is 8.49. The van der Waals surface area contributed by atoms with Crippen LogP contribution in [-0.4, -0.2) is 51.4 Å². The Labute approximate surface area is 173 Å². The highest BCUT2D eigenvalue weighted by Gasteiger charge is 2.44. The highest BCUT2D eigenvalue weighted by atomic mass is 35.5. The average molecular weight is 412 g/mol. The number of aromatic amines is 1. The van der Waals surface area contributed by atoms with Gasteiger partial charge in [0.05, 0.1) is 17.8 Å². The van der Waals surface area contributed by atoms with Crippen molar-refractivity contribution in [2.75, 3.05) is 13.1 Å². The van der Waals surface area contributed by atoms with Gasteiger partial charge in [-0.15, -0.1) is 0 Å². The second kappa shape index (κ2) is 7.35. The molecule has 2 N–H and O–H groups in total. The first kappa shape index (κ1) is 18.5. The topological polar surface area (TPSA) is 78.5 Å². The second-order valence-electron chi connectivity index (χ2n) is 8.05. The van der Waals surface area contributed by atoms with Crippen molar-refractivity contribution in [2.45, 2.75) is 25.0 Å². The molecule has 5 rings (SSSR count). The summed E-state index contributed by atoms with van der Waals surface area (Å²) in [5.41, 5.74) is 1.59. The lowest BCUT2D eigenvalue weighted by atomic mass is 9.78. The molecule has 7 heteroatoms. The predicted molar refractivity (Wildman–Crippen MR) is 110 cm³/mol. The van der Waals surface area contributed by atoms with Crippen LogP contribution < -0.4 is 4.74 Å². The smallest absolute Gasteiger partial charge is 0.253 e. The van der Waals surface area contributed by atoms with E-state index in [9.17, 15) is 9.90 Å². The van der Waals surface area contributed by atoms with Crippen LogP contribution >= 0.6 is 11.6 Å². The molecule has 4 atom stereocenters. The number of benzene rings is 2. The number of carbonyl (C=O) groups is 1. The van der Waals surface area contributed by atoms with Gasteiger partial charge in [-0.2, -0.15) is 5.10 Å². The number of rotatable bonds is 3. The zero-order valence-corrected chi connectivity index (χ0v) is 16.5. The zero-order chi connectivity index (χ0) is 20.0. The Morgan fingerprint density at radius 3 is 2.83 bits per heavy atom. The minimum absolute atomic E-state index is 0.0318. The fourth-order valence-corrected chi connectivity index (χ4v) is 4.84. The normalized spacial score (nSPS) is 26.5. The number of hydrogen-bond donors (Lipinski definition) is 2. The van der Waals surface area contributed by atoms with Crippen LogP contribution in [0.4, 0.5) is 0 Å². The molecule has 29 heavy (non-hydrogen) atoms. The fraction of sp³-hybridized carbons (Fsp3) is 0.364. The van der Waals surface area contributed by atoms with Crippen molar-refractivity contribution < 1.29 is 14.6 Å². The molecule has 6 nitrogen and oxygen atoms in total. The number of ether oxygens (including phenoxy) is 1. The maximum Gasteiger partial charge on any atom is 0.253 e. The van der Waals surface area contributed by atoms with Crippen LogP contribution in [0.1, 0.15) is 23.2 Å². The van der Waals surface area contributed by atoms with E-state index < -0.39 is 6.10 Å². The largest absolute Gasteiger partial charge is 0.488 e. The van der Waals surface area contributed by atoms with Crippen LogP contribution in [0.25, 0.3) is 10.9 Å². The summed E-state index contributed by atoms with van der Waals surface area (Å²) in [6.45, 7) is 1.36. The van der Waals surface area contributed by atoms with E-state index in [0.717, 1.165) is 17.3 Å². The molecule has 1 aliphatic heterocycles. The summed E-state index contributed by atoms with van der Waals surface area (Å²) < 4.78 is 6.03. The Bertz CT molecular complexity index is 1050. The van der Waals surface area contributed by atoms with Crippen LogP contribution in [0.5, 0.6) is 5.75 Å². The molecule has 2 aromatic carbocycles. The molecule has 3 aromatic rings. The zero-order valence-electron chi connectivity index (χ0n) is 15.8. The Balaban J connectivity index is 1.28. The highest BCUT2D eigenvalue weighted by molar-refractivity contribution is 6.30. The average Bonchev–Trinajstić information content (AvgIpc) is 3.33. The molecule has 1 aliphatic carbocycles. The molecule has 0 radical (unpaired) electrons. The number of H-pyrrole nitrogens is 1. The van der Waals surface area contributed by atoms with E-state index >= 15 is 0 Å². The van der Waals surface area contributed by atoms with Crippen molar-refractivity contribution >= 4 is 28.4 Å². The van der Waals surface area contributed by atoms with Gasteiger partial charge in [0.1, 0.15) is 11.9 Å². The molecular weight excluding hydrogens is 390 g/mol. The number of fused-ring (bicyclic) bond motifs is 2. The van der Waals surface area contributed by atoms with Gasteiger partial charge in [0.25, 0.3) is 5.91 Å². The molecule has 1 aromatic heterocycles. The Morgan fingerprint density at radius 1 is 1.17 bits per heavy atom. The fourth-order valence-electron chi connectivity index (χ4n) is 4.66. The van der Waals surface area contributed by atoms with E-state index in [1.807, 2.05) is 35.2 Å². The van der Waals surface area contributed by atoms with Crippen LogP contribution in [0.15, 0.2) is 48.7 Å². The van der Waals surface area contributed by atoms with Gasteiger partial charge in [-0.3, -0.25) is 9.89 Å². The first-order valence-electron chi connectivity index (χ1n) is 9.89. The van der Waals surface area contributed by atoms with E-state index in [1.165, 1.54) is 0 Å². The van der Waals surface area contributed by atoms with Gasteiger partial charge in [0.2, 0.25) is 0 Å². The minimum Gasteiger partial charge on any atom is -0.488 e. The first-order valence-corrected chi connectivity index (χ1v) is 10.3. The molecule has 0 spiro atoms. The number of aliphatic hydroxyl groups excluding tert-OH is 1. The lowest BCUT2D eigenvalue weighted by Gasteiger charge is -2.35. The van der Waals surface area contributed by atoms with Crippen molar-refractivity contribution in [3.8, 4) is 5.75 Å². The maximum atomic E-state index is 13.0. The minimum atomic E-state index is -0.549. The van der Waals surface area contributed by atoms with E-state index in [2.05, 4.69) is 10.2 Å². The number of nitrogens with zero attached hydrogens (tertiary/aromatic N) is 2. The Kier molecular flexibility index (Phi) is 4.68. The summed E-state index contributed by atoms with van der Waals surface area (Å²) >= 11 is 6.04. The lowest BCUT2D eigenvalue weighted by molar-refractivity contribution is -0.0231. The van der Waals surface area contributed by atoms with Gasteiger partial charge < -0.3 is 14.7 Å². The number of halogens is 1. The van der Waals surface area contributed by atoms with Crippen molar-refractivity contribution in [1.29, 1.82) is 0 Å². The number of hydrogen-bond acceptors (Lipinski definition) is 4. The number of aliphatic hydroxyl groups is 1. The molecule has 0 unspecified atom stereocenters. The van der Waals surface area contributed by atoms with Gasteiger partial charge in [-0.1, -0.05) is 17.7 Å². The summed E-state index contributed by atoms with van der Waals surface area (Å²) in [4.78, 5) is 14.9. The summed E-state index contributed by atoms with van der Waals surface area (Å²) in [5.74, 6) is 1.32. The number of nitrogens with one attached hydrogen (secondary N) is 1. The van der Waals surface area contributed by atoms with Gasteiger partial charge in [-0.05, 0) is 61.1 Å². The lowest BCUT2D eigenvalue weighted by Crippen LogP contribution is -2.42. The van der Waals surface area contributed by atoms with E-state index in [1.54, 1.807) is 18.3 Å².